The molecule has 0 amide bonds. The number of benzene rings is 2. The van der Waals surface area contributed by atoms with E-state index in [1.54, 1.807) is 19.2 Å². The molecule has 0 spiro atoms. The van der Waals surface area contributed by atoms with Gasteiger partial charge in [0.25, 0.3) is 0 Å². The van der Waals surface area contributed by atoms with Crippen LogP contribution in [-0.4, -0.2) is 75.6 Å². The summed E-state index contributed by atoms with van der Waals surface area (Å²) in [5, 5.41) is 10.4. The number of nitrogens with zero attached hydrogens (tertiary/aromatic N) is 2. The first kappa shape index (κ1) is 21.9. The lowest BCUT2D eigenvalue weighted by Gasteiger charge is -2.37. The van der Waals surface area contributed by atoms with Crippen LogP contribution in [0.15, 0.2) is 48.5 Å². The van der Waals surface area contributed by atoms with E-state index in [9.17, 15) is 9.90 Å². The number of esters is 1. The molecule has 0 radical (unpaired) electrons. The van der Waals surface area contributed by atoms with Crippen LogP contribution in [0.2, 0.25) is 0 Å². The van der Waals surface area contributed by atoms with E-state index in [-0.39, 0.29) is 19.0 Å². The van der Waals surface area contributed by atoms with E-state index >= 15 is 0 Å². The standard InChI is InChI=1S/C23H30N2O5/c1-28-22-5-3-4-19(15-22)25-12-10-24(11-13-25)16-20(26)17-30-21-8-6-18(7-9-21)14-23(27)29-2/h3-9,15,20,26H,10-14,16-17H2,1-2H3. The topological polar surface area (TPSA) is 71.5 Å². The summed E-state index contributed by atoms with van der Waals surface area (Å²) in [6.45, 7) is 4.39. The minimum Gasteiger partial charge on any atom is -0.497 e. The highest BCUT2D eigenvalue weighted by Gasteiger charge is 2.20. The molecular formula is C23H30N2O5. The van der Waals surface area contributed by atoms with Crippen molar-refractivity contribution in [1.29, 1.82) is 0 Å². The second-order valence-corrected chi connectivity index (χ2v) is 7.35. The second-order valence-electron chi connectivity index (χ2n) is 7.35. The number of aliphatic hydroxyl groups excluding tert-OH is 1. The van der Waals surface area contributed by atoms with Crippen LogP contribution in [0, 0.1) is 0 Å². The largest absolute Gasteiger partial charge is 0.497 e. The van der Waals surface area contributed by atoms with Gasteiger partial charge < -0.3 is 24.2 Å². The van der Waals surface area contributed by atoms with Crippen LogP contribution in [0.1, 0.15) is 5.56 Å². The number of hydrogen-bond acceptors (Lipinski definition) is 7. The second kappa shape index (κ2) is 10.8. The van der Waals surface area contributed by atoms with Crippen molar-refractivity contribution in [2.45, 2.75) is 12.5 Å². The van der Waals surface area contributed by atoms with Gasteiger partial charge in [-0.25, -0.2) is 0 Å². The van der Waals surface area contributed by atoms with E-state index < -0.39 is 6.10 Å². The van der Waals surface area contributed by atoms with Gasteiger partial charge in [-0.1, -0.05) is 18.2 Å². The maximum Gasteiger partial charge on any atom is 0.309 e. The summed E-state index contributed by atoms with van der Waals surface area (Å²) in [6.07, 6.45) is -0.329. The molecule has 1 saturated heterocycles. The summed E-state index contributed by atoms with van der Waals surface area (Å²) in [5.74, 6) is 1.26. The monoisotopic (exact) mass is 414 g/mol. The number of hydrogen-bond donors (Lipinski definition) is 1. The minimum absolute atomic E-state index is 0.229. The van der Waals surface area contributed by atoms with Crippen molar-refractivity contribution in [2.75, 3.05) is 58.5 Å². The zero-order valence-corrected chi connectivity index (χ0v) is 17.6. The zero-order chi connectivity index (χ0) is 21.3. The molecule has 0 aliphatic carbocycles. The first-order chi connectivity index (χ1) is 14.6. The number of aliphatic hydroxyl groups is 1. The van der Waals surface area contributed by atoms with Crippen LogP contribution < -0.4 is 14.4 Å². The van der Waals surface area contributed by atoms with Gasteiger partial charge in [0.15, 0.2) is 0 Å². The molecule has 7 nitrogen and oxygen atoms in total. The van der Waals surface area contributed by atoms with Crippen LogP contribution in [0.3, 0.4) is 0 Å². The quantitative estimate of drug-likeness (QED) is 0.629. The Kier molecular flexibility index (Phi) is 7.93. The highest BCUT2D eigenvalue weighted by molar-refractivity contribution is 5.72. The van der Waals surface area contributed by atoms with E-state index in [1.807, 2.05) is 24.3 Å². The van der Waals surface area contributed by atoms with Crippen molar-refractivity contribution in [2.24, 2.45) is 0 Å². The first-order valence-corrected chi connectivity index (χ1v) is 10.2. The molecule has 1 aliphatic rings. The molecule has 1 aliphatic heterocycles. The molecule has 0 aromatic heterocycles. The molecule has 3 rings (SSSR count). The van der Waals surface area contributed by atoms with Crippen molar-refractivity contribution in [1.82, 2.24) is 4.90 Å². The van der Waals surface area contributed by atoms with Gasteiger partial charge in [0.1, 0.15) is 24.2 Å². The van der Waals surface area contributed by atoms with Crippen LogP contribution in [0.4, 0.5) is 5.69 Å². The highest BCUT2D eigenvalue weighted by Crippen LogP contribution is 2.22. The van der Waals surface area contributed by atoms with Crippen LogP contribution in [0.25, 0.3) is 0 Å². The van der Waals surface area contributed by atoms with E-state index in [2.05, 4.69) is 26.7 Å². The predicted molar refractivity (Wildman–Crippen MR) is 115 cm³/mol. The summed E-state index contributed by atoms with van der Waals surface area (Å²) in [7, 11) is 3.05. The lowest BCUT2D eigenvalue weighted by atomic mass is 10.1. The highest BCUT2D eigenvalue weighted by atomic mass is 16.5. The number of carbonyl (C=O) groups excluding carboxylic acids is 1. The Morgan fingerprint density at radius 3 is 2.43 bits per heavy atom. The van der Waals surface area contributed by atoms with Gasteiger partial charge >= 0.3 is 5.97 Å². The molecule has 0 bridgehead atoms. The summed E-state index contributed by atoms with van der Waals surface area (Å²) in [5.41, 5.74) is 2.03. The van der Waals surface area contributed by atoms with Gasteiger partial charge in [-0.05, 0) is 29.8 Å². The molecule has 1 N–H and O–H groups in total. The molecule has 2 aromatic rings. The number of anilines is 1. The maximum atomic E-state index is 11.3. The van der Waals surface area contributed by atoms with Crippen LogP contribution in [-0.2, 0) is 16.0 Å². The Labute approximate surface area is 177 Å². The van der Waals surface area contributed by atoms with Gasteiger partial charge in [-0.3, -0.25) is 9.69 Å². The molecule has 1 fully saturated rings. The minimum atomic E-state index is -0.567. The van der Waals surface area contributed by atoms with Gasteiger partial charge in [0.2, 0.25) is 0 Å². The molecule has 162 valence electrons. The van der Waals surface area contributed by atoms with Gasteiger partial charge in [0, 0.05) is 44.5 Å². The number of piperazine rings is 1. The number of ether oxygens (including phenoxy) is 3. The summed E-state index contributed by atoms with van der Waals surface area (Å²) in [4.78, 5) is 15.9. The molecule has 1 atom stereocenters. The van der Waals surface area contributed by atoms with Crippen molar-refractivity contribution < 1.29 is 24.1 Å². The Morgan fingerprint density at radius 1 is 1.03 bits per heavy atom. The number of carbonyl (C=O) groups is 1. The van der Waals surface area contributed by atoms with Gasteiger partial charge in [-0.2, -0.15) is 0 Å². The van der Waals surface area contributed by atoms with E-state index in [4.69, 9.17) is 9.47 Å². The van der Waals surface area contributed by atoms with Crippen molar-refractivity contribution in [3.63, 3.8) is 0 Å². The molecule has 30 heavy (non-hydrogen) atoms. The van der Waals surface area contributed by atoms with Crippen molar-refractivity contribution in [3.05, 3.63) is 54.1 Å². The molecule has 7 heteroatoms. The molecule has 0 saturated carbocycles. The summed E-state index contributed by atoms with van der Waals surface area (Å²) in [6, 6.07) is 15.4. The maximum absolute atomic E-state index is 11.3. The van der Waals surface area contributed by atoms with Gasteiger partial charge in [-0.15, -0.1) is 0 Å². The Bertz CT molecular complexity index is 803. The molecular weight excluding hydrogens is 384 g/mol. The average Bonchev–Trinajstić information content (AvgIpc) is 2.79. The van der Waals surface area contributed by atoms with Crippen LogP contribution in [0.5, 0.6) is 11.5 Å². The number of β-amino-alcohol motifs (C(OH)–C–C–N with tert-alkyl or cyclic N) is 1. The normalized spacial score (nSPS) is 15.5. The van der Waals surface area contributed by atoms with Crippen molar-refractivity contribution >= 4 is 11.7 Å². The van der Waals surface area contributed by atoms with E-state index in [1.165, 1.54) is 7.11 Å². The van der Waals surface area contributed by atoms with Crippen molar-refractivity contribution in [3.8, 4) is 11.5 Å². The van der Waals surface area contributed by atoms with E-state index in [0.29, 0.717) is 12.3 Å². The Morgan fingerprint density at radius 2 is 1.77 bits per heavy atom. The molecule has 2 aromatic carbocycles. The number of rotatable bonds is 9. The number of methoxy groups -OCH3 is 2. The Hall–Kier alpha value is -2.77. The zero-order valence-electron chi connectivity index (χ0n) is 17.6. The third-order valence-electron chi connectivity index (χ3n) is 5.20. The fourth-order valence-electron chi connectivity index (χ4n) is 3.48. The third kappa shape index (κ3) is 6.37. The SMILES string of the molecule is COC(=O)Cc1ccc(OCC(O)CN2CCN(c3cccc(OC)c3)CC2)cc1. The molecule has 1 heterocycles. The van der Waals surface area contributed by atoms with Gasteiger partial charge in [0.05, 0.1) is 20.6 Å². The first-order valence-electron chi connectivity index (χ1n) is 10.2. The fraction of sp³-hybridized carbons (Fsp3) is 0.435. The average molecular weight is 415 g/mol. The third-order valence-corrected chi connectivity index (χ3v) is 5.20. The lowest BCUT2D eigenvalue weighted by molar-refractivity contribution is -0.139. The smallest absolute Gasteiger partial charge is 0.309 e. The Balaban J connectivity index is 1.39. The lowest BCUT2D eigenvalue weighted by Crippen LogP contribution is -2.49. The molecule has 1 unspecified atom stereocenters. The van der Waals surface area contributed by atoms with Crippen LogP contribution >= 0.6 is 0 Å². The predicted octanol–water partition coefficient (Wildman–Crippen LogP) is 1.97. The fourth-order valence-corrected chi connectivity index (χ4v) is 3.48. The summed E-state index contributed by atoms with van der Waals surface area (Å²) < 4.78 is 15.7. The van der Waals surface area contributed by atoms with E-state index in [0.717, 1.165) is 43.2 Å². The summed E-state index contributed by atoms with van der Waals surface area (Å²) >= 11 is 0.